The lowest BCUT2D eigenvalue weighted by molar-refractivity contribution is -0.142. The summed E-state index contributed by atoms with van der Waals surface area (Å²) >= 11 is 0. The minimum atomic E-state index is -1.40. The van der Waals surface area contributed by atoms with Gasteiger partial charge in [-0.05, 0) is 26.3 Å². The number of nitrogens with one attached hydrogen (secondary N) is 2. The standard InChI is InChI=1S/C10H18N2O4/c1-10(16,5-8(13)14)6-12-9(15)7-3-2-4-11-7/h7,11,16H,2-6H2,1H3,(H,12,15)(H,13,14). The summed E-state index contributed by atoms with van der Waals surface area (Å²) < 4.78 is 0. The van der Waals surface area contributed by atoms with Crippen LogP contribution in [0.25, 0.3) is 0 Å². The molecule has 16 heavy (non-hydrogen) atoms. The van der Waals surface area contributed by atoms with Gasteiger partial charge >= 0.3 is 5.97 Å². The Morgan fingerprint density at radius 3 is 2.75 bits per heavy atom. The van der Waals surface area contributed by atoms with Crippen molar-refractivity contribution in [3.63, 3.8) is 0 Å². The van der Waals surface area contributed by atoms with E-state index in [4.69, 9.17) is 5.11 Å². The molecule has 1 amide bonds. The number of carboxylic acid groups (broad SMARTS) is 1. The SMILES string of the molecule is CC(O)(CNC(=O)C1CCCN1)CC(=O)O. The lowest BCUT2D eigenvalue weighted by Crippen LogP contribution is -2.47. The molecule has 0 aromatic heterocycles. The average molecular weight is 230 g/mol. The quantitative estimate of drug-likeness (QED) is 0.489. The van der Waals surface area contributed by atoms with E-state index in [9.17, 15) is 14.7 Å². The van der Waals surface area contributed by atoms with Gasteiger partial charge in [0.1, 0.15) is 0 Å². The van der Waals surface area contributed by atoms with E-state index in [1.54, 1.807) is 0 Å². The van der Waals surface area contributed by atoms with Gasteiger partial charge in [-0.15, -0.1) is 0 Å². The first-order valence-corrected chi connectivity index (χ1v) is 5.36. The molecule has 6 nitrogen and oxygen atoms in total. The van der Waals surface area contributed by atoms with Crippen molar-refractivity contribution >= 4 is 11.9 Å². The summed E-state index contributed by atoms with van der Waals surface area (Å²) in [5, 5.41) is 23.8. The molecular weight excluding hydrogens is 212 g/mol. The molecule has 1 saturated heterocycles. The lowest BCUT2D eigenvalue weighted by atomic mass is 10.0. The van der Waals surface area contributed by atoms with Crippen molar-refractivity contribution in [3.8, 4) is 0 Å². The summed E-state index contributed by atoms with van der Waals surface area (Å²) in [6.07, 6.45) is 1.36. The smallest absolute Gasteiger partial charge is 0.306 e. The van der Waals surface area contributed by atoms with Gasteiger partial charge in [-0.25, -0.2) is 0 Å². The third-order valence-corrected chi connectivity index (χ3v) is 2.55. The summed E-state index contributed by atoms with van der Waals surface area (Å²) in [7, 11) is 0. The van der Waals surface area contributed by atoms with Gasteiger partial charge in [-0.1, -0.05) is 0 Å². The van der Waals surface area contributed by atoms with Crippen LogP contribution in [0.2, 0.25) is 0 Å². The Balaban J connectivity index is 2.32. The number of carbonyl (C=O) groups is 2. The van der Waals surface area contributed by atoms with Gasteiger partial charge in [0, 0.05) is 6.54 Å². The van der Waals surface area contributed by atoms with Crippen molar-refractivity contribution in [1.82, 2.24) is 10.6 Å². The average Bonchev–Trinajstić information content (AvgIpc) is 2.64. The van der Waals surface area contributed by atoms with Gasteiger partial charge in [0.15, 0.2) is 0 Å². The van der Waals surface area contributed by atoms with Crippen molar-refractivity contribution < 1.29 is 19.8 Å². The van der Waals surface area contributed by atoms with Gasteiger partial charge in [0.05, 0.1) is 18.1 Å². The van der Waals surface area contributed by atoms with E-state index >= 15 is 0 Å². The fraction of sp³-hybridized carbons (Fsp3) is 0.800. The molecule has 1 rings (SSSR count). The number of carboxylic acids is 1. The lowest BCUT2D eigenvalue weighted by Gasteiger charge is -2.22. The predicted octanol–water partition coefficient (Wildman–Crippen LogP) is -0.920. The second kappa shape index (κ2) is 5.27. The zero-order valence-electron chi connectivity index (χ0n) is 9.32. The first-order valence-electron chi connectivity index (χ1n) is 5.36. The second-order valence-electron chi connectivity index (χ2n) is 4.43. The molecule has 0 bridgehead atoms. The van der Waals surface area contributed by atoms with E-state index < -0.39 is 11.6 Å². The molecule has 1 aliphatic heterocycles. The molecule has 1 heterocycles. The van der Waals surface area contributed by atoms with E-state index in [1.165, 1.54) is 6.92 Å². The van der Waals surface area contributed by atoms with Crippen LogP contribution in [0, 0.1) is 0 Å². The Bertz CT molecular complexity index is 272. The molecule has 2 atom stereocenters. The van der Waals surface area contributed by atoms with Gasteiger partial charge in [0.2, 0.25) is 5.91 Å². The van der Waals surface area contributed by atoms with Crippen LogP contribution >= 0.6 is 0 Å². The highest BCUT2D eigenvalue weighted by Gasteiger charge is 2.27. The second-order valence-corrected chi connectivity index (χ2v) is 4.43. The van der Waals surface area contributed by atoms with Crippen LogP contribution in [0.1, 0.15) is 26.2 Å². The van der Waals surface area contributed by atoms with Crippen molar-refractivity contribution in [1.29, 1.82) is 0 Å². The topological polar surface area (TPSA) is 98.7 Å². The molecule has 4 N–H and O–H groups in total. The van der Waals surface area contributed by atoms with Crippen molar-refractivity contribution in [3.05, 3.63) is 0 Å². The highest BCUT2D eigenvalue weighted by molar-refractivity contribution is 5.82. The number of amides is 1. The predicted molar refractivity (Wildman–Crippen MR) is 56.9 cm³/mol. The minimum absolute atomic E-state index is 0.0453. The first-order chi connectivity index (χ1) is 7.41. The van der Waals surface area contributed by atoms with Crippen LogP contribution in [0.3, 0.4) is 0 Å². The molecule has 6 heteroatoms. The zero-order chi connectivity index (χ0) is 12.2. The summed E-state index contributed by atoms with van der Waals surface area (Å²) in [6, 6.07) is -0.208. The number of rotatable bonds is 5. The number of aliphatic hydroxyl groups is 1. The zero-order valence-corrected chi connectivity index (χ0v) is 9.32. The summed E-state index contributed by atoms with van der Waals surface area (Å²) in [4.78, 5) is 22.0. The van der Waals surface area contributed by atoms with Crippen molar-refractivity contribution in [2.45, 2.75) is 37.8 Å². The molecule has 0 saturated carbocycles. The largest absolute Gasteiger partial charge is 0.481 e. The van der Waals surface area contributed by atoms with E-state index in [2.05, 4.69) is 10.6 Å². The Hall–Kier alpha value is -1.14. The fourth-order valence-electron chi connectivity index (χ4n) is 1.70. The van der Waals surface area contributed by atoms with Crippen LogP contribution in [0.5, 0.6) is 0 Å². The Morgan fingerprint density at radius 1 is 1.56 bits per heavy atom. The number of hydrogen-bond donors (Lipinski definition) is 4. The molecule has 92 valence electrons. The highest BCUT2D eigenvalue weighted by Crippen LogP contribution is 2.09. The van der Waals surface area contributed by atoms with E-state index in [0.717, 1.165) is 19.4 Å². The van der Waals surface area contributed by atoms with E-state index in [1.807, 2.05) is 0 Å². The third kappa shape index (κ3) is 4.16. The number of carbonyl (C=O) groups excluding carboxylic acids is 1. The first kappa shape index (κ1) is 12.9. The molecule has 0 spiro atoms. The normalized spacial score (nSPS) is 23.8. The van der Waals surface area contributed by atoms with Crippen LogP contribution in [0.15, 0.2) is 0 Å². The molecule has 0 radical (unpaired) electrons. The Morgan fingerprint density at radius 2 is 2.25 bits per heavy atom. The van der Waals surface area contributed by atoms with Crippen molar-refractivity contribution in [2.24, 2.45) is 0 Å². The molecule has 0 aliphatic carbocycles. The molecule has 2 unspecified atom stereocenters. The molecule has 1 fully saturated rings. The molecule has 1 aliphatic rings. The maximum atomic E-state index is 11.5. The van der Waals surface area contributed by atoms with Gasteiger partial charge in [0.25, 0.3) is 0 Å². The number of aliphatic carboxylic acids is 1. The Labute approximate surface area is 94.0 Å². The molecular formula is C10H18N2O4. The monoisotopic (exact) mass is 230 g/mol. The maximum Gasteiger partial charge on any atom is 0.306 e. The van der Waals surface area contributed by atoms with Crippen LogP contribution in [0.4, 0.5) is 0 Å². The van der Waals surface area contributed by atoms with Crippen LogP contribution < -0.4 is 10.6 Å². The van der Waals surface area contributed by atoms with E-state index in [-0.39, 0.29) is 24.9 Å². The highest BCUT2D eigenvalue weighted by atomic mass is 16.4. The van der Waals surface area contributed by atoms with Gasteiger partial charge in [-0.3, -0.25) is 9.59 Å². The molecule has 0 aromatic rings. The Kier molecular flexibility index (Phi) is 4.26. The van der Waals surface area contributed by atoms with Crippen LogP contribution in [-0.4, -0.2) is 46.8 Å². The van der Waals surface area contributed by atoms with E-state index in [0.29, 0.717) is 0 Å². The summed E-state index contributed by atoms with van der Waals surface area (Å²) in [5.74, 6) is -1.26. The van der Waals surface area contributed by atoms with Crippen molar-refractivity contribution in [2.75, 3.05) is 13.1 Å². The number of hydrogen-bond acceptors (Lipinski definition) is 4. The minimum Gasteiger partial charge on any atom is -0.481 e. The third-order valence-electron chi connectivity index (χ3n) is 2.55. The summed E-state index contributed by atoms with van der Waals surface area (Å²) in [6.45, 7) is 2.17. The fourth-order valence-corrected chi connectivity index (χ4v) is 1.70. The summed E-state index contributed by atoms with van der Waals surface area (Å²) in [5.41, 5.74) is -1.40. The molecule has 0 aromatic carbocycles. The maximum absolute atomic E-state index is 11.5. The van der Waals surface area contributed by atoms with Crippen LogP contribution in [-0.2, 0) is 9.59 Å². The van der Waals surface area contributed by atoms with Gasteiger partial charge in [-0.2, -0.15) is 0 Å². The van der Waals surface area contributed by atoms with Gasteiger partial charge < -0.3 is 20.8 Å².